The SMILES string of the molecule is CC(C)COCCOc1ccnc(CN)c1. The van der Waals surface area contributed by atoms with Crippen molar-refractivity contribution < 1.29 is 9.47 Å². The van der Waals surface area contributed by atoms with Crippen LogP contribution in [0.1, 0.15) is 19.5 Å². The molecule has 4 nitrogen and oxygen atoms in total. The molecule has 0 fully saturated rings. The molecule has 0 atom stereocenters. The first-order valence-electron chi connectivity index (χ1n) is 5.58. The Labute approximate surface area is 96.8 Å². The second kappa shape index (κ2) is 7.19. The maximum Gasteiger partial charge on any atom is 0.122 e. The molecule has 90 valence electrons. The molecule has 1 aromatic rings. The first-order chi connectivity index (χ1) is 7.72. The fraction of sp³-hybridized carbons (Fsp3) is 0.583. The minimum Gasteiger partial charge on any atom is -0.491 e. The summed E-state index contributed by atoms with van der Waals surface area (Å²) in [6.45, 7) is 6.61. The first-order valence-corrected chi connectivity index (χ1v) is 5.58. The van der Waals surface area contributed by atoms with Crippen LogP contribution in [0.5, 0.6) is 5.75 Å². The van der Waals surface area contributed by atoms with Gasteiger partial charge in [-0.05, 0) is 12.0 Å². The Hall–Kier alpha value is -1.13. The van der Waals surface area contributed by atoms with Gasteiger partial charge >= 0.3 is 0 Å². The Morgan fingerprint density at radius 1 is 1.38 bits per heavy atom. The van der Waals surface area contributed by atoms with Gasteiger partial charge in [0.2, 0.25) is 0 Å². The standard InChI is InChI=1S/C12H20N2O2/c1-10(2)9-15-5-6-16-12-3-4-14-11(7-12)8-13/h3-4,7,10H,5-6,8-9,13H2,1-2H3. The van der Waals surface area contributed by atoms with E-state index in [9.17, 15) is 0 Å². The molecular formula is C12H20N2O2. The summed E-state index contributed by atoms with van der Waals surface area (Å²) in [7, 11) is 0. The minimum absolute atomic E-state index is 0.432. The third-order valence-electron chi connectivity index (χ3n) is 1.94. The van der Waals surface area contributed by atoms with Gasteiger partial charge in [-0.15, -0.1) is 0 Å². The normalized spacial score (nSPS) is 10.8. The molecule has 0 spiro atoms. The Kier molecular flexibility index (Phi) is 5.82. The van der Waals surface area contributed by atoms with E-state index in [1.54, 1.807) is 6.20 Å². The number of nitrogens with two attached hydrogens (primary N) is 1. The maximum atomic E-state index is 5.51. The molecule has 4 heteroatoms. The predicted molar refractivity (Wildman–Crippen MR) is 63.3 cm³/mol. The summed E-state index contributed by atoms with van der Waals surface area (Å²) in [5.41, 5.74) is 6.32. The molecule has 0 bridgehead atoms. The summed E-state index contributed by atoms with van der Waals surface area (Å²) in [4.78, 5) is 4.09. The number of ether oxygens (including phenoxy) is 2. The van der Waals surface area contributed by atoms with E-state index in [0.29, 0.717) is 25.7 Å². The Bertz CT molecular complexity index is 303. The molecule has 16 heavy (non-hydrogen) atoms. The van der Waals surface area contributed by atoms with E-state index < -0.39 is 0 Å². The molecule has 0 saturated heterocycles. The van der Waals surface area contributed by atoms with Gasteiger partial charge in [0.1, 0.15) is 12.4 Å². The van der Waals surface area contributed by atoms with Gasteiger partial charge in [-0.3, -0.25) is 4.98 Å². The Morgan fingerprint density at radius 2 is 2.19 bits per heavy atom. The van der Waals surface area contributed by atoms with Crippen LogP contribution in [-0.2, 0) is 11.3 Å². The van der Waals surface area contributed by atoms with Gasteiger partial charge in [0.25, 0.3) is 0 Å². The highest BCUT2D eigenvalue weighted by Crippen LogP contribution is 2.10. The highest BCUT2D eigenvalue weighted by Gasteiger charge is 1.97. The zero-order chi connectivity index (χ0) is 11.8. The van der Waals surface area contributed by atoms with E-state index in [1.807, 2.05) is 12.1 Å². The monoisotopic (exact) mass is 224 g/mol. The molecule has 1 aromatic heterocycles. The number of pyridine rings is 1. The second-order valence-corrected chi connectivity index (χ2v) is 4.00. The van der Waals surface area contributed by atoms with Crippen LogP contribution in [0.25, 0.3) is 0 Å². The summed E-state index contributed by atoms with van der Waals surface area (Å²) < 4.78 is 10.9. The van der Waals surface area contributed by atoms with E-state index in [0.717, 1.165) is 18.1 Å². The molecule has 0 aliphatic carbocycles. The van der Waals surface area contributed by atoms with Gasteiger partial charge < -0.3 is 15.2 Å². The average molecular weight is 224 g/mol. The van der Waals surface area contributed by atoms with Crippen LogP contribution in [0.15, 0.2) is 18.3 Å². The van der Waals surface area contributed by atoms with Crippen molar-refractivity contribution in [3.8, 4) is 5.75 Å². The van der Waals surface area contributed by atoms with Crippen LogP contribution >= 0.6 is 0 Å². The number of hydrogen-bond donors (Lipinski definition) is 1. The molecule has 0 amide bonds. The van der Waals surface area contributed by atoms with E-state index in [1.165, 1.54) is 0 Å². The summed E-state index contributed by atoms with van der Waals surface area (Å²) >= 11 is 0. The minimum atomic E-state index is 0.432. The largest absolute Gasteiger partial charge is 0.491 e. The number of aromatic nitrogens is 1. The fourth-order valence-electron chi connectivity index (χ4n) is 1.19. The topological polar surface area (TPSA) is 57.4 Å². The summed E-state index contributed by atoms with van der Waals surface area (Å²) in [5.74, 6) is 1.35. The number of rotatable bonds is 7. The van der Waals surface area contributed by atoms with Crippen molar-refractivity contribution in [2.45, 2.75) is 20.4 Å². The number of hydrogen-bond acceptors (Lipinski definition) is 4. The third kappa shape index (κ3) is 5.09. The lowest BCUT2D eigenvalue weighted by Crippen LogP contribution is -2.10. The average Bonchev–Trinajstić information content (AvgIpc) is 2.28. The molecule has 0 aliphatic heterocycles. The van der Waals surface area contributed by atoms with Crippen molar-refractivity contribution in [3.05, 3.63) is 24.0 Å². The molecule has 0 unspecified atom stereocenters. The van der Waals surface area contributed by atoms with Crippen molar-refractivity contribution in [2.24, 2.45) is 11.7 Å². The van der Waals surface area contributed by atoms with Gasteiger partial charge in [-0.25, -0.2) is 0 Å². The van der Waals surface area contributed by atoms with E-state index >= 15 is 0 Å². The van der Waals surface area contributed by atoms with E-state index in [4.69, 9.17) is 15.2 Å². The molecule has 1 rings (SSSR count). The molecule has 0 radical (unpaired) electrons. The highest BCUT2D eigenvalue weighted by atomic mass is 16.5. The van der Waals surface area contributed by atoms with Crippen molar-refractivity contribution in [3.63, 3.8) is 0 Å². The van der Waals surface area contributed by atoms with Gasteiger partial charge in [0.15, 0.2) is 0 Å². The van der Waals surface area contributed by atoms with Gasteiger partial charge in [-0.2, -0.15) is 0 Å². The lowest BCUT2D eigenvalue weighted by atomic mass is 10.2. The van der Waals surface area contributed by atoms with Crippen LogP contribution in [0, 0.1) is 5.92 Å². The molecule has 0 aromatic carbocycles. The fourth-order valence-corrected chi connectivity index (χ4v) is 1.19. The van der Waals surface area contributed by atoms with Gasteiger partial charge in [0, 0.05) is 25.4 Å². The van der Waals surface area contributed by atoms with E-state index in [-0.39, 0.29) is 0 Å². The van der Waals surface area contributed by atoms with Crippen molar-refractivity contribution >= 4 is 0 Å². The van der Waals surface area contributed by atoms with Crippen LogP contribution in [-0.4, -0.2) is 24.8 Å². The summed E-state index contributed by atoms with van der Waals surface area (Å²) in [5, 5.41) is 0. The smallest absolute Gasteiger partial charge is 0.122 e. The highest BCUT2D eigenvalue weighted by molar-refractivity contribution is 5.22. The molecule has 2 N–H and O–H groups in total. The zero-order valence-electron chi connectivity index (χ0n) is 9.98. The van der Waals surface area contributed by atoms with Crippen molar-refractivity contribution in [2.75, 3.05) is 19.8 Å². The van der Waals surface area contributed by atoms with Crippen LogP contribution in [0.2, 0.25) is 0 Å². The first kappa shape index (κ1) is 12.9. The summed E-state index contributed by atoms with van der Waals surface area (Å²) in [6.07, 6.45) is 1.70. The Balaban J connectivity index is 2.21. The van der Waals surface area contributed by atoms with Crippen LogP contribution in [0.3, 0.4) is 0 Å². The van der Waals surface area contributed by atoms with Crippen LogP contribution < -0.4 is 10.5 Å². The number of nitrogens with zero attached hydrogens (tertiary/aromatic N) is 1. The molecule has 0 aliphatic rings. The molecule has 0 saturated carbocycles. The summed E-state index contributed by atoms with van der Waals surface area (Å²) in [6, 6.07) is 3.67. The second-order valence-electron chi connectivity index (χ2n) is 4.00. The predicted octanol–water partition coefficient (Wildman–Crippen LogP) is 1.59. The maximum absolute atomic E-state index is 5.51. The third-order valence-corrected chi connectivity index (χ3v) is 1.94. The zero-order valence-corrected chi connectivity index (χ0v) is 9.98. The van der Waals surface area contributed by atoms with Crippen molar-refractivity contribution in [1.82, 2.24) is 4.98 Å². The lowest BCUT2D eigenvalue weighted by Gasteiger charge is -2.09. The Morgan fingerprint density at radius 3 is 2.88 bits per heavy atom. The molecular weight excluding hydrogens is 204 g/mol. The van der Waals surface area contributed by atoms with E-state index in [2.05, 4.69) is 18.8 Å². The lowest BCUT2D eigenvalue weighted by molar-refractivity contribution is 0.0818. The van der Waals surface area contributed by atoms with Gasteiger partial charge in [0.05, 0.1) is 12.3 Å². The van der Waals surface area contributed by atoms with Crippen molar-refractivity contribution in [1.29, 1.82) is 0 Å². The molecule has 1 heterocycles. The van der Waals surface area contributed by atoms with Gasteiger partial charge in [-0.1, -0.05) is 13.8 Å². The quantitative estimate of drug-likeness (QED) is 0.715. The van der Waals surface area contributed by atoms with Crippen LogP contribution in [0.4, 0.5) is 0 Å².